The molecule has 0 N–H and O–H groups in total. The maximum atomic E-state index is 11.2. The highest BCUT2D eigenvalue weighted by Crippen LogP contribution is 2.27. The zero-order chi connectivity index (χ0) is 19.2. The van der Waals surface area contributed by atoms with Crippen molar-refractivity contribution in [2.75, 3.05) is 7.11 Å². The third kappa shape index (κ3) is 5.44. The molecule has 0 saturated heterocycles. The number of rotatable bonds is 7. The Morgan fingerprint density at radius 1 is 1.07 bits per heavy atom. The van der Waals surface area contributed by atoms with Gasteiger partial charge in [-0.1, -0.05) is 22.0 Å². The number of pyridine rings is 1. The van der Waals surface area contributed by atoms with Crippen LogP contribution in [0.5, 0.6) is 17.2 Å². The van der Waals surface area contributed by atoms with E-state index in [-0.39, 0.29) is 12.1 Å². The molecule has 0 spiro atoms. The quantitative estimate of drug-likeness (QED) is 0.463. The lowest BCUT2D eigenvalue weighted by Gasteiger charge is -2.14. The van der Waals surface area contributed by atoms with Crippen molar-refractivity contribution in [2.45, 2.75) is 25.9 Å². The summed E-state index contributed by atoms with van der Waals surface area (Å²) >= 11 is 3.44. The SMILES string of the molecule is COC(=O)CCC(C)Oc1ccc(Oc2cnc3cc(Br)ccc3c2)cc1. The van der Waals surface area contributed by atoms with Crippen LogP contribution in [0.3, 0.4) is 0 Å². The van der Waals surface area contributed by atoms with Gasteiger partial charge in [-0.05, 0) is 55.8 Å². The average Bonchev–Trinajstić information content (AvgIpc) is 2.67. The molecule has 0 saturated carbocycles. The summed E-state index contributed by atoms with van der Waals surface area (Å²) in [4.78, 5) is 15.6. The van der Waals surface area contributed by atoms with E-state index >= 15 is 0 Å². The predicted octanol–water partition coefficient (Wildman–Crippen LogP) is 5.51. The topological polar surface area (TPSA) is 57.7 Å². The van der Waals surface area contributed by atoms with Crippen LogP contribution in [0.15, 0.2) is 59.2 Å². The van der Waals surface area contributed by atoms with Crippen LogP contribution in [0, 0.1) is 0 Å². The number of carbonyl (C=O) groups excluding carboxylic acids is 1. The largest absolute Gasteiger partial charge is 0.491 e. The summed E-state index contributed by atoms with van der Waals surface area (Å²) < 4.78 is 17.3. The summed E-state index contributed by atoms with van der Waals surface area (Å²) in [5.41, 5.74) is 0.904. The summed E-state index contributed by atoms with van der Waals surface area (Å²) in [7, 11) is 1.39. The third-order valence-corrected chi connectivity index (χ3v) is 4.49. The second-order valence-corrected chi connectivity index (χ2v) is 7.04. The van der Waals surface area contributed by atoms with Gasteiger partial charge in [0.05, 0.1) is 24.9 Å². The van der Waals surface area contributed by atoms with Gasteiger partial charge in [0.2, 0.25) is 0 Å². The fraction of sp³-hybridized carbons (Fsp3) is 0.238. The fourth-order valence-corrected chi connectivity index (χ4v) is 2.92. The van der Waals surface area contributed by atoms with E-state index in [0.717, 1.165) is 21.1 Å². The Kier molecular flexibility index (Phi) is 6.29. The van der Waals surface area contributed by atoms with Crippen LogP contribution < -0.4 is 9.47 Å². The monoisotopic (exact) mass is 429 g/mol. The Morgan fingerprint density at radius 2 is 1.81 bits per heavy atom. The van der Waals surface area contributed by atoms with E-state index in [2.05, 4.69) is 25.7 Å². The van der Waals surface area contributed by atoms with Gasteiger partial charge in [-0.3, -0.25) is 9.78 Å². The molecule has 1 atom stereocenters. The summed E-state index contributed by atoms with van der Waals surface area (Å²) in [6.45, 7) is 1.92. The van der Waals surface area contributed by atoms with Crippen LogP contribution in [0.2, 0.25) is 0 Å². The van der Waals surface area contributed by atoms with E-state index in [0.29, 0.717) is 24.3 Å². The van der Waals surface area contributed by atoms with Crippen LogP contribution in [0.4, 0.5) is 0 Å². The molecule has 0 fully saturated rings. The van der Waals surface area contributed by atoms with E-state index < -0.39 is 0 Å². The summed E-state index contributed by atoms with van der Waals surface area (Å²) in [5, 5.41) is 1.01. The molecule has 0 bridgehead atoms. The average molecular weight is 430 g/mol. The fourth-order valence-electron chi connectivity index (χ4n) is 2.57. The van der Waals surface area contributed by atoms with Gasteiger partial charge >= 0.3 is 5.97 Å². The number of methoxy groups -OCH3 is 1. The second kappa shape index (κ2) is 8.86. The number of ether oxygens (including phenoxy) is 3. The maximum absolute atomic E-state index is 11.2. The van der Waals surface area contributed by atoms with Crippen LogP contribution in [-0.4, -0.2) is 24.2 Å². The number of halogens is 1. The highest BCUT2D eigenvalue weighted by molar-refractivity contribution is 9.10. The minimum Gasteiger partial charge on any atom is -0.491 e. The minimum absolute atomic E-state index is 0.0834. The van der Waals surface area contributed by atoms with Crippen LogP contribution in [0.1, 0.15) is 19.8 Å². The predicted molar refractivity (Wildman–Crippen MR) is 107 cm³/mol. The molecule has 140 valence electrons. The van der Waals surface area contributed by atoms with Gasteiger partial charge in [-0.2, -0.15) is 0 Å². The van der Waals surface area contributed by atoms with Crippen LogP contribution in [0.25, 0.3) is 10.9 Å². The first kappa shape index (κ1) is 19.2. The van der Waals surface area contributed by atoms with Gasteiger partial charge in [-0.15, -0.1) is 0 Å². The van der Waals surface area contributed by atoms with Gasteiger partial charge in [0.1, 0.15) is 17.2 Å². The molecule has 6 heteroatoms. The van der Waals surface area contributed by atoms with Crippen molar-refractivity contribution in [1.82, 2.24) is 4.98 Å². The van der Waals surface area contributed by atoms with Gasteiger partial charge in [0.15, 0.2) is 0 Å². The van der Waals surface area contributed by atoms with Crippen molar-refractivity contribution in [2.24, 2.45) is 0 Å². The molecule has 5 nitrogen and oxygen atoms in total. The van der Waals surface area contributed by atoms with E-state index in [1.165, 1.54) is 7.11 Å². The lowest BCUT2D eigenvalue weighted by Crippen LogP contribution is -2.14. The smallest absolute Gasteiger partial charge is 0.305 e. The van der Waals surface area contributed by atoms with Crippen molar-refractivity contribution in [3.8, 4) is 17.2 Å². The molecule has 0 aliphatic heterocycles. The molecule has 1 aromatic heterocycles. The Morgan fingerprint density at radius 3 is 2.56 bits per heavy atom. The van der Waals surface area contributed by atoms with Crippen molar-refractivity contribution in [3.63, 3.8) is 0 Å². The van der Waals surface area contributed by atoms with Gasteiger partial charge in [0.25, 0.3) is 0 Å². The normalized spacial score (nSPS) is 11.8. The van der Waals surface area contributed by atoms with E-state index in [9.17, 15) is 4.79 Å². The zero-order valence-corrected chi connectivity index (χ0v) is 16.7. The molecule has 1 heterocycles. The van der Waals surface area contributed by atoms with Crippen molar-refractivity contribution in [3.05, 3.63) is 59.2 Å². The van der Waals surface area contributed by atoms with Crippen molar-refractivity contribution < 1.29 is 19.0 Å². The molecule has 0 radical (unpaired) electrons. The Labute approximate surface area is 166 Å². The highest BCUT2D eigenvalue weighted by Gasteiger charge is 2.09. The summed E-state index contributed by atoms with van der Waals surface area (Å²) in [6, 6.07) is 15.3. The maximum Gasteiger partial charge on any atom is 0.305 e. The molecular formula is C21H20BrNO4. The highest BCUT2D eigenvalue weighted by atomic mass is 79.9. The lowest BCUT2D eigenvalue weighted by atomic mass is 10.2. The first-order valence-corrected chi connectivity index (χ1v) is 9.39. The molecule has 3 aromatic rings. The summed E-state index contributed by atoms with van der Waals surface area (Å²) in [6.07, 6.45) is 2.56. The summed E-state index contributed by atoms with van der Waals surface area (Å²) in [5.74, 6) is 1.86. The molecule has 3 rings (SSSR count). The number of nitrogens with zero attached hydrogens (tertiary/aromatic N) is 1. The van der Waals surface area contributed by atoms with Crippen LogP contribution in [-0.2, 0) is 9.53 Å². The van der Waals surface area contributed by atoms with Crippen molar-refractivity contribution in [1.29, 1.82) is 0 Å². The number of aromatic nitrogens is 1. The Hall–Kier alpha value is -2.60. The molecule has 27 heavy (non-hydrogen) atoms. The van der Waals surface area contributed by atoms with E-state index in [1.54, 1.807) is 6.20 Å². The molecule has 0 aliphatic carbocycles. The molecule has 0 amide bonds. The number of hydrogen-bond acceptors (Lipinski definition) is 5. The number of esters is 1. The van der Waals surface area contributed by atoms with Gasteiger partial charge in [-0.25, -0.2) is 0 Å². The Balaban J connectivity index is 1.60. The number of fused-ring (bicyclic) bond motifs is 1. The molecular weight excluding hydrogens is 410 g/mol. The standard InChI is InChI=1S/C21H20BrNO4/c1-14(3-10-21(24)25-2)26-17-6-8-18(9-7-17)27-19-11-15-4-5-16(22)12-20(15)23-13-19/h4-9,11-14H,3,10H2,1-2H3. The molecule has 0 aliphatic rings. The minimum atomic E-state index is -0.231. The zero-order valence-electron chi connectivity index (χ0n) is 15.1. The first-order chi connectivity index (χ1) is 13.0. The number of carbonyl (C=O) groups is 1. The third-order valence-electron chi connectivity index (χ3n) is 4.00. The molecule has 1 unspecified atom stereocenters. The van der Waals surface area contributed by atoms with Crippen LogP contribution >= 0.6 is 15.9 Å². The number of benzene rings is 2. The lowest BCUT2D eigenvalue weighted by molar-refractivity contribution is -0.141. The van der Waals surface area contributed by atoms with E-state index in [1.807, 2.05) is 55.5 Å². The Bertz CT molecular complexity index is 927. The first-order valence-electron chi connectivity index (χ1n) is 8.60. The van der Waals surface area contributed by atoms with Crippen molar-refractivity contribution >= 4 is 32.8 Å². The van der Waals surface area contributed by atoms with E-state index in [4.69, 9.17) is 9.47 Å². The van der Waals surface area contributed by atoms with Gasteiger partial charge < -0.3 is 14.2 Å². The van der Waals surface area contributed by atoms with Gasteiger partial charge in [0, 0.05) is 16.3 Å². The number of hydrogen-bond donors (Lipinski definition) is 0. The molecule has 2 aromatic carbocycles. The second-order valence-electron chi connectivity index (χ2n) is 6.12.